The van der Waals surface area contributed by atoms with Crippen LogP contribution in [0.15, 0.2) is 0 Å². The molecule has 4 heteroatoms. The topological polar surface area (TPSA) is 64.5 Å². The van der Waals surface area contributed by atoms with E-state index in [1.165, 1.54) is 0 Å². The van der Waals surface area contributed by atoms with Gasteiger partial charge in [-0.05, 0) is 0 Å². The average Bonchev–Trinajstić information content (AvgIpc) is 1.77. The van der Waals surface area contributed by atoms with E-state index in [1.54, 1.807) is 5.01 Å². The minimum absolute atomic E-state index is 0.108. The van der Waals surface area contributed by atoms with Crippen LogP contribution in [0.2, 0.25) is 0 Å². The SMILES string of the molecule is NC1COCCN1N. The van der Waals surface area contributed by atoms with Crippen LogP contribution in [0.5, 0.6) is 0 Å². The largest absolute Gasteiger partial charge is 0.377 e. The average molecular weight is 117 g/mol. The van der Waals surface area contributed by atoms with Gasteiger partial charge in [-0.2, -0.15) is 0 Å². The zero-order valence-corrected chi connectivity index (χ0v) is 4.71. The lowest BCUT2D eigenvalue weighted by Gasteiger charge is -2.28. The highest BCUT2D eigenvalue weighted by Crippen LogP contribution is 1.93. The van der Waals surface area contributed by atoms with Crippen molar-refractivity contribution in [3.05, 3.63) is 0 Å². The van der Waals surface area contributed by atoms with Crippen LogP contribution < -0.4 is 11.6 Å². The van der Waals surface area contributed by atoms with Crippen molar-refractivity contribution in [2.75, 3.05) is 19.8 Å². The van der Waals surface area contributed by atoms with Crippen molar-refractivity contribution in [3.8, 4) is 0 Å². The summed E-state index contributed by atoms with van der Waals surface area (Å²) in [5.74, 6) is 5.41. The Morgan fingerprint density at radius 2 is 2.38 bits per heavy atom. The maximum absolute atomic E-state index is 5.45. The summed E-state index contributed by atoms with van der Waals surface area (Å²) in [6.07, 6.45) is -0.108. The molecule has 0 aromatic carbocycles. The van der Waals surface area contributed by atoms with Gasteiger partial charge in [-0.1, -0.05) is 0 Å². The number of ether oxygens (including phenoxy) is 1. The quantitative estimate of drug-likeness (QED) is 0.378. The molecule has 1 heterocycles. The van der Waals surface area contributed by atoms with Gasteiger partial charge in [-0.3, -0.25) is 5.84 Å². The molecule has 1 saturated heterocycles. The first-order valence-corrected chi connectivity index (χ1v) is 2.65. The summed E-state index contributed by atoms with van der Waals surface area (Å²) in [4.78, 5) is 0. The molecule has 1 fully saturated rings. The van der Waals surface area contributed by atoms with Gasteiger partial charge in [0.05, 0.1) is 19.4 Å². The van der Waals surface area contributed by atoms with Crippen molar-refractivity contribution in [1.82, 2.24) is 5.01 Å². The molecular formula is C4H11N3O. The van der Waals surface area contributed by atoms with Crippen LogP contribution in [0.1, 0.15) is 0 Å². The second-order valence-corrected chi connectivity index (χ2v) is 1.88. The van der Waals surface area contributed by atoms with Gasteiger partial charge in [-0.25, -0.2) is 5.01 Å². The maximum Gasteiger partial charge on any atom is 0.0943 e. The van der Waals surface area contributed by atoms with Gasteiger partial charge >= 0.3 is 0 Å². The van der Waals surface area contributed by atoms with Crippen LogP contribution in [0.4, 0.5) is 0 Å². The van der Waals surface area contributed by atoms with E-state index in [4.69, 9.17) is 16.3 Å². The van der Waals surface area contributed by atoms with E-state index in [1.807, 2.05) is 0 Å². The van der Waals surface area contributed by atoms with Gasteiger partial charge in [0.2, 0.25) is 0 Å². The van der Waals surface area contributed by atoms with Crippen LogP contribution in [0, 0.1) is 0 Å². The molecule has 1 rings (SSSR count). The maximum atomic E-state index is 5.45. The van der Waals surface area contributed by atoms with E-state index < -0.39 is 0 Å². The molecule has 4 nitrogen and oxygen atoms in total. The van der Waals surface area contributed by atoms with Crippen molar-refractivity contribution in [2.24, 2.45) is 11.6 Å². The lowest BCUT2D eigenvalue weighted by Crippen LogP contribution is -2.54. The van der Waals surface area contributed by atoms with Gasteiger partial charge in [-0.15, -0.1) is 0 Å². The first-order valence-electron chi connectivity index (χ1n) is 2.65. The minimum Gasteiger partial charge on any atom is -0.377 e. The Kier molecular flexibility index (Phi) is 1.80. The predicted octanol–water partition coefficient (Wildman–Crippen LogP) is -1.52. The number of nitrogens with zero attached hydrogens (tertiary/aromatic N) is 1. The summed E-state index contributed by atoms with van der Waals surface area (Å²) in [6.45, 7) is 1.99. The first-order chi connectivity index (χ1) is 3.80. The minimum atomic E-state index is -0.108. The monoisotopic (exact) mass is 117 g/mol. The van der Waals surface area contributed by atoms with E-state index in [0.29, 0.717) is 13.2 Å². The van der Waals surface area contributed by atoms with Crippen molar-refractivity contribution in [3.63, 3.8) is 0 Å². The summed E-state index contributed by atoms with van der Waals surface area (Å²) < 4.78 is 5.01. The summed E-state index contributed by atoms with van der Waals surface area (Å²) in [5.41, 5.74) is 5.45. The standard InChI is InChI=1S/C4H11N3O/c5-4-3-8-2-1-7(4)6/h4H,1-3,5-6H2. The van der Waals surface area contributed by atoms with Crippen LogP contribution in [-0.2, 0) is 4.74 Å². The number of rotatable bonds is 0. The van der Waals surface area contributed by atoms with Crippen LogP contribution in [0.3, 0.4) is 0 Å². The van der Waals surface area contributed by atoms with Crippen LogP contribution in [0.25, 0.3) is 0 Å². The molecule has 0 amide bonds. The summed E-state index contributed by atoms with van der Waals surface area (Å²) in [7, 11) is 0. The van der Waals surface area contributed by atoms with Crippen LogP contribution >= 0.6 is 0 Å². The number of morpholine rings is 1. The molecule has 0 spiro atoms. The molecular weight excluding hydrogens is 106 g/mol. The van der Waals surface area contributed by atoms with Crippen molar-refractivity contribution in [2.45, 2.75) is 6.17 Å². The Balaban J connectivity index is 2.28. The highest BCUT2D eigenvalue weighted by molar-refractivity contribution is 4.62. The highest BCUT2D eigenvalue weighted by atomic mass is 16.5. The Morgan fingerprint density at radius 1 is 1.62 bits per heavy atom. The molecule has 0 aromatic rings. The van der Waals surface area contributed by atoms with E-state index in [9.17, 15) is 0 Å². The van der Waals surface area contributed by atoms with Crippen molar-refractivity contribution in [1.29, 1.82) is 0 Å². The molecule has 0 aliphatic carbocycles. The van der Waals surface area contributed by atoms with E-state index >= 15 is 0 Å². The molecule has 48 valence electrons. The zero-order chi connectivity index (χ0) is 5.98. The molecule has 0 bridgehead atoms. The third kappa shape index (κ3) is 1.16. The lowest BCUT2D eigenvalue weighted by atomic mass is 10.4. The van der Waals surface area contributed by atoms with Gasteiger partial charge in [0.1, 0.15) is 0 Å². The van der Waals surface area contributed by atoms with E-state index in [0.717, 1.165) is 6.54 Å². The number of hydrogen-bond donors (Lipinski definition) is 2. The molecule has 1 atom stereocenters. The Morgan fingerprint density at radius 3 is 2.75 bits per heavy atom. The molecule has 0 aromatic heterocycles. The number of hydrogen-bond acceptors (Lipinski definition) is 4. The molecule has 4 N–H and O–H groups in total. The molecule has 1 unspecified atom stereocenters. The molecule has 0 radical (unpaired) electrons. The van der Waals surface area contributed by atoms with Crippen molar-refractivity contribution < 1.29 is 4.74 Å². The summed E-state index contributed by atoms with van der Waals surface area (Å²) in [5, 5.41) is 1.59. The van der Waals surface area contributed by atoms with Gasteiger partial charge < -0.3 is 10.5 Å². The van der Waals surface area contributed by atoms with Gasteiger partial charge in [0, 0.05) is 6.54 Å². The molecule has 8 heavy (non-hydrogen) atoms. The molecule has 1 aliphatic heterocycles. The zero-order valence-electron chi connectivity index (χ0n) is 4.71. The second-order valence-electron chi connectivity index (χ2n) is 1.88. The lowest BCUT2D eigenvalue weighted by molar-refractivity contribution is -0.00533. The Labute approximate surface area is 48.4 Å². The predicted molar refractivity (Wildman–Crippen MR) is 29.7 cm³/mol. The summed E-state index contributed by atoms with van der Waals surface area (Å²) in [6, 6.07) is 0. The number of hydrazine groups is 1. The molecule has 1 aliphatic rings. The number of nitrogens with two attached hydrogens (primary N) is 2. The van der Waals surface area contributed by atoms with E-state index in [-0.39, 0.29) is 6.17 Å². The fourth-order valence-corrected chi connectivity index (χ4v) is 0.636. The van der Waals surface area contributed by atoms with E-state index in [2.05, 4.69) is 0 Å². The smallest absolute Gasteiger partial charge is 0.0943 e. The van der Waals surface area contributed by atoms with Gasteiger partial charge in [0.25, 0.3) is 0 Å². The van der Waals surface area contributed by atoms with Gasteiger partial charge in [0.15, 0.2) is 0 Å². The Bertz CT molecular complexity index is 67.7. The fourth-order valence-electron chi connectivity index (χ4n) is 0.636. The van der Waals surface area contributed by atoms with Crippen LogP contribution in [-0.4, -0.2) is 30.9 Å². The highest BCUT2D eigenvalue weighted by Gasteiger charge is 2.14. The third-order valence-corrected chi connectivity index (χ3v) is 1.21. The van der Waals surface area contributed by atoms with Crippen molar-refractivity contribution >= 4 is 0 Å². The Hall–Kier alpha value is -0.160. The third-order valence-electron chi connectivity index (χ3n) is 1.21. The second kappa shape index (κ2) is 2.41. The summed E-state index contributed by atoms with van der Waals surface area (Å²) >= 11 is 0. The molecule has 0 saturated carbocycles. The first kappa shape index (κ1) is 5.97. The fraction of sp³-hybridized carbons (Fsp3) is 1.00. The normalized spacial score (nSPS) is 33.0.